The Morgan fingerprint density at radius 2 is 1.83 bits per heavy atom. The Bertz CT molecular complexity index is 776. The second kappa shape index (κ2) is 6.59. The van der Waals surface area contributed by atoms with E-state index in [2.05, 4.69) is 10.9 Å². The molecule has 0 unspecified atom stereocenters. The van der Waals surface area contributed by atoms with Crippen LogP contribution in [-0.2, 0) is 4.74 Å². The zero-order valence-electron chi connectivity index (χ0n) is 13.2. The van der Waals surface area contributed by atoms with Crippen LogP contribution in [0, 0.1) is 0 Å². The average molecular weight is 328 g/mol. The van der Waals surface area contributed by atoms with Crippen LogP contribution in [0.1, 0.15) is 32.5 Å². The lowest BCUT2D eigenvalue weighted by Gasteiger charge is -2.14. The van der Waals surface area contributed by atoms with E-state index in [9.17, 15) is 9.59 Å². The minimum Gasteiger partial charge on any atom is -0.493 e. The molecule has 1 heterocycles. The van der Waals surface area contributed by atoms with Gasteiger partial charge in [-0.05, 0) is 24.3 Å². The van der Waals surface area contributed by atoms with Crippen molar-refractivity contribution in [3.8, 4) is 11.5 Å². The van der Waals surface area contributed by atoms with E-state index >= 15 is 0 Å². The van der Waals surface area contributed by atoms with E-state index in [-0.39, 0.29) is 11.5 Å². The highest BCUT2D eigenvalue weighted by Crippen LogP contribution is 2.40. The molecule has 0 bridgehead atoms. The SMILES string of the molecule is COc1ccc2c(c1OC)C(=O)O[C@H]2NNC(=O)c1ccccc1. The molecule has 1 atom stereocenters. The molecule has 0 saturated heterocycles. The van der Waals surface area contributed by atoms with E-state index in [4.69, 9.17) is 14.2 Å². The smallest absolute Gasteiger partial charge is 0.344 e. The minimum absolute atomic E-state index is 0.281. The summed E-state index contributed by atoms with van der Waals surface area (Å²) in [5.74, 6) is -0.145. The molecule has 2 N–H and O–H groups in total. The number of amides is 1. The van der Waals surface area contributed by atoms with Gasteiger partial charge < -0.3 is 14.2 Å². The van der Waals surface area contributed by atoms with Crippen LogP contribution in [0.25, 0.3) is 0 Å². The maximum absolute atomic E-state index is 12.1. The van der Waals surface area contributed by atoms with Gasteiger partial charge >= 0.3 is 5.97 Å². The van der Waals surface area contributed by atoms with Gasteiger partial charge in [0.25, 0.3) is 5.91 Å². The third-order valence-corrected chi connectivity index (χ3v) is 3.64. The summed E-state index contributed by atoms with van der Waals surface area (Å²) in [6, 6.07) is 12.1. The number of hydrogen-bond acceptors (Lipinski definition) is 6. The Labute approximate surface area is 138 Å². The zero-order valence-corrected chi connectivity index (χ0v) is 13.2. The van der Waals surface area contributed by atoms with E-state index in [0.717, 1.165) is 0 Å². The van der Waals surface area contributed by atoms with Gasteiger partial charge in [-0.1, -0.05) is 18.2 Å². The van der Waals surface area contributed by atoms with E-state index in [1.54, 1.807) is 36.4 Å². The van der Waals surface area contributed by atoms with Gasteiger partial charge in [0.15, 0.2) is 17.7 Å². The van der Waals surface area contributed by atoms with Gasteiger partial charge in [-0.25, -0.2) is 4.79 Å². The molecule has 0 aliphatic carbocycles. The molecule has 1 aliphatic heterocycles. The number of rotatable bonds is 5. The Kier molecular flexibility index (Phi) is 4.35. The molecule has 124 valence electrons. The molecule has 0 radical (unpaired) electrons. The summed E-state index contributed by atoms with van der Waals surface area (Å²) in [5.41, 5.74) is 6.58. The summed E-state index contributed by atoms with van der Waals surface area (Å²) in [5, 5.41) is 0. The number of fused-ring (bicyclic) bond motifs is 1. The van der Waals surface area contributed by atoms with Gasteiger partial charge in [0.2, 0.25) is 0 Å². The van der Waals surface area contributed by atoms with E-state index < -0.39 is 12.2 Å². The van der Waals surface area contributed by atoms with Crippen molar-refractivity contribution < 1.29 is 23.8 Å². The van der Waals surface area contributed by atoms with Crippen molar-refractivity contribution in [1.82, 2.24) is 10.9 Å². The molecule has 7 heteroatoms. The lowest BCUT2D eigenvalue weighted by molar-refractivity contribution is 0.0260. The highest BCUT2D eigenvalue weighted by Gasteiger charge is 2.36. The Morgan fingerprint density at radius 3 is 2.50 bits per heavy atom. The van der Waals surface area contributed by atoms with Crippen LogP contribution in [0.15, 0.2) is 42.5 Å². The van der Waals surface area contributed by atoms with E-state index in [0.29, 0.717) is 22.6 Å². The first-order chi connectivity index (χ1) is 11.7. The molecule has 24 heavy (non-hydrogen) atoms. The number of esters is 1. The highest BCUT2D eigenvalue weighted by atomic mass is 16.6. The minimum atomic E-state index is -0.806. The van der Waals surface area contributed by atoms with Gasteiger partial charge in [0.1, 0.15) is 5.56 Å². The first-order valence-electron chi connectivity index (χ1n) is 7.22. The first kappa shape index (κ1) is 15.8. The van der Waals surface area contributed by atoms with Gasteiger partial charge in [0.05, 0.1) is 14.2 Å². The van der Waals surface area contributed by atoms with Crippen molar-refractivity contribution in [2.45, 2.75) is 6.23 Å². The second-order valence-corrected chi connectivity index (χ2v) is 5.02. The number of cyclic esters (lactones) is 1. The van der Waals surface area contributed by atoms with Crippen LogP contribution in [0.3, 0.4) is 0 Å². The molecule has 1 amide bonds. The molecular weight excluding hydrogens is 312 g/mol. The Balaban J connectivity index is 1.79. The molecule has 0 aromatic heterocycles. The molecule has 3 rings (SSSR count). The summed E-state index contributed by atoms with van der Waals surface area (Å²) in [7, 11) is 2.93. The van der Waals surface area contributed by atoms with Crippen molar-refractivity contribution in [3.63, 3.8) is 0 Å². The number of carbonyl (C=O) groups excluding carboxylic acids is 2. The number of hydrogen-bond donors (Lipinski definition) is 2. The molecule has 0 spiro atoms. The van der Waals surface area contributed by atoms with Gasteiger partial charge in [-0.3, -0.25) is 10.2 Å². The Morgan fingerprint density at radius 1 is 1.08 bits per heavy atom. The van der Waals surface area contributed by atoms with Crippen molar-refractivity contribution in [3.05, 3.63) is 59.2 Å². The zero-order chi connectivity index (χ0) is 17.1. The van der Waals surface area contributed by atoms with Crippen molar-refractivity contribution in [2.75, 3.05) is 14.2 Å². The lowest BCUT2D eigenvalue weighted by atomic mass is 10.1. The van der Waals surface area contributed by atoms with E-state index in [1.165, 1.54) is 14.2 Å². The number of methoxy groups -OCH3 is 2. The van der Waals surface area contributed by atoms with Crippen LogP contribution in [0.5, 0.6) is 11.5 Å². The maximum atomic E-state index is 12.1. The third-order valence-electron chi connectivity index (χ3n) is 3.64. The van der Waals surface area contributed by atoms with Gasteiger partial charge in [-0.2, -0.15) is 5.43 Å². The first-order valence-corrected chi connectivity index (χ1v) is 7.22. The lowest BCUT2D eigenvalue weighted by Crippen LogP contribution is -2.40. The van der Waals surface area contributed by atoms with Crippen LogP contribution in [0.4, 0.5) is 0 Å². The van der Waals surface area contributed by atoms with Crippen LogP contribution >= 0.6 is 0 Å². The van der Waals surface area contributed by atoms with Crippen molar-refractivity contribution in [1.29, 1.82) is 0 Å². The molecule has 0 saturated carbocycles. The average Bonchev–Trinajstić information content (AvgIpc) is 2.95. The molecule has 7 nitrogen and oxygen atoms in total. The van der Waals surface area contributed by atoms with Crippen molar-refractivity contribution >= 4 is 11.9 Å². The summed E-state index contributed by atoms with van der Waals surface area (Å²) in [4.78, 5) is 24.2. The summed E-state index contributed by atoms with van der Waals surface area (Å²) in [6.07, 6.45) is -0.806. The maximum Gasteiger partial charge on any atom is 0.344 e. The summed E-state index contributed by atoms with van der Waals surface area (Å²) >= 11 is 0. The standard InChI is InChI=1S/C17H16N2O5/c1-22-12-9-8-11-13(14(12)23-2)17(21)24-16(11)19-18-15(20)10-6-4-3-5-7-10/h3-9,16,19H,1-2H3,(H,18,20)/t16-/m1/s1. The number of ether oxygens (including phenoxy) is 3. The predicted molar refractivity (Wildman–Crippen MR) is 84.7 cm³/mol. The monoisotopic (exact) mass is 328 g/mol. The molecule has 0 fully saturated rings. The number of nitrogens with one attached hydrogen (secondary N) is 2. The van der Waals surface area contributed by atoms with Gasteiger partial charge in [0, 0.05) is 11.1 Å². The molecule has 1 aliphatic rings. The summed E-state index contributed by atoms with van der Waals surface area (Å²) in [6.45, 7) is 0. The topological polar surface area (TPSA) is 85.9 Å². The third kappa shape index (κ3) is 2.77. The largest absolute Gasteiger partial charge is 0.493 e. The van der Waals surface area contributed by atoms with Crippen LogP contribution < -0.4 is 20.3 Å². The fourth-order valence-corrected chi connectivity index (χ4v) is 2.50. The predicted octanol–water partition coefficient (Wildman–Crippen LogP) is 1.81. The molecule has 2 aromatic rings. The Hall–Kier alpha value is -3.06. The number of hydrazine groups is 1. The highest BCUT2D eigenvalue weighted by molar-refractivity contribution is 5.98. The number of carbonyl (C=O) groups is 2. The van der Waals surface area contributed by atoms with Crippen LogP contribution in [0.2, 0.25) is 0 Å². The van der Waals surface area contributed by atoms with Gasteiger partial charge in [-0.15, -0.1) is 0 Å². The summed E-state index contributed by atoms with van der Waals surface area (Å²) < 4.78 is 15.7. The normalized spacial score (nSPS) is 15.4. The second-order valence-electron chi connectivity index (χ2n) is 5.02. The number of benzene rings is 2. The fraction of sp³-hybridized carbons (Fsp3) is 0.176. The van der Waals surface area contributed by atoms with Crippen molar-refractivity contribution in [2.24, 2.45) is 0 Å². The molecular formula is C17H16N2O5. The quantitative estimate of drug-likeness (QED) is 0.643. The van der Waals surface area contributed by atoms with Crippen LogP contribution in [-0.4, -0.2) is 26.1 Å². The molecule has 2 aromatic carbocycles. The van der Waals surface area contributed by atoms with E-state index in [1.807, 2.05) is 6.07 Å². The fourth-order valence-electron chi connectivity index (χ4n) is 2.50.